The molecule has 2 rings (SSSR count). The van der Waals surface area contributed by atoms with Gasteiger partial charge in [0.25, 0.3) is 0 Å². The molecule has 0 saturated heterocycles. The maximum atomic E-state index is 13.3. The number of anilines is 1. The van der Waals surface area contributed by atoms with Gasteiger partial charge in [0.15, 0.2) is 0 Å². The minimum atomic E-state index is -0.434. The second-order valence-corrected chi connectivity index (χ2v) is 4.39. The van der Waals surface area contributed by atoms with E-state index >= 15 is 0 Å². The fourth-order valence-electron chi connectivity index (χ4n) is 1.56. The van der Waals surface area contributed by atoms with Gasteiger partial charge in [0.1, 0.15) is 5.82 Å². The lowest BCUT2D eigenvalue weighted by Crippen LogP contribution is -2.15. The summed E-state index contributed by atoms with van der Waals surface area (Å²) in [6, 6.07) is 13.4. The lowest BCUT2D eigenvalue weighted by atomic mass is 10.1. The fraction of sp³-hybridized carbons (Fsp3) is 0.0714. The molecule has 0 saturated carbocycles. The first-order chi connectivity index (χ1) is 8.65. The van der Waals surface area contributed by atoms with Crippen LogP contribution in [0.4, 0.5) is 10.1 Å². The highest BCUT2D eigenvalue weighted by atomic mass is 32.1. The molecule has 92 valence electrons. The molecule has 0 aliphatic heterocycles. The Labute approximate surface area is 110 Å². The van der Waals surface area contributed by atoms with Crippen molar-refractivity contribution >= 4 is 24.2 Å². The van der Waals surface area contributed by atoms with Crippen LogP contribution in [0.25, 0.3) is 0 Å². The quantitative estimate of drug-likeness (QED) is 0.816. The Hall–Kier alpha value is -1.81. The molecule has 0 radical (unpaired) electrons. The Morgan fingerprint density at radius 1 is 1.11 bits per heavy atom. The molecule has 18 heavy (non-hydrogen) atoms. The first-order valence-corrected chi connectivity index (χ1v) is 5.92. The third-order valence-electron chi connectivity index (χ3n) is 2.45. The molecule has 0 spiro atoms. The number of carbonyl (C=O) groups excluding carboxylic acids is 1. The molecule has 2 nitrogen and oxygen atoms in total. The number of hydrogen-bond acceptors (Lipinski definition) is 2. The first kappa shape index (κ1) is 12.6. The maximum Gasteiger partial charge on any atom is 0.228 e. The van der Waals surface area contributed by atoms with Gasteiger partial charge in [-0.05, 0) is 29.8 Å². The number of para-hydroxylation sites is 1. The van der Waals surface area contributed by atoms with Gasteiger partial charge in [0.05, 0.1) is 12.1 Å². The lowest BCUT2D eigenvalue weighted by Gasteiger charge is -2.06. The number of halogens is 1. The van der Waals surface area contributed by atoms with Crippen molar-refractivity contribution in [2.75, 3.05) is 5.32 Å². The summed E-state index contributed by atoms with van der Waals surface area (Å²) < 4.78 is 13.3. The first-order valence-electron chi connectivity index (χ1n) is 5.47. The third-order valence-corrected chi connectivity index (χ3v) is 2.75. The van der Waals surface area contributed by atoms with Gasteiger partial charge in [-0.3, -0.25) is 4.79 Å². The molecule has 0 aliphatic carbocycles. The van der Waals surface area contributed by atoms with E-state index in [9.17, 15) is 9.18 Å². The summed E-state index contributed by atoms with van der Waals surface area (Å²) in [4.78, 5) is 12.6. The van der Waals surface area contributed by atoms with Crippen molar-refractivity contribution < 1.29 is 9.18 Å². The smallest absolute Gasteiger partial charge is 0.228 e. The Morgan fingerprint density at radius 3 is 2.44 bits per heavy atom. The van der Waals surface area contributed by atoms with Gasteiger partial charge in [0.2, 0.25) is 5.91 Å². The minimum Gasteiger partial charge on any atom is -0.323 e. The van der Waals surface area contributed by atoms with Crippen LogP contribution in [0.3, 0.4) is 0 Å². The van der Waals surface area contributed by atoms with Gasteiger partial charge in [-0.2, -0.15) is 0 Å². The van der Waals surface area contributed by atoms with Gasteiger partial charge in [-0.15, -0.1) is 12.6 Å². The van der Waals surface area contributed by atoms with E-state index in [1.807, 2.05) is 24.3 Å². The van der Waals surface area contributed by atoms with Gasteiger partial charge >= 0.3 is 0 Å². The summed E-state index contributed by atoms with van der Waals surface area (Å²) in [6.07, 6.45) is 0.211. The number of rotatable bonds is 3. The second kappa shape index (κ2) is 5.69. The molecule has 1 N–H and O–H groups in total. The van der Waals surface area contributed by atoms with Crippen molar-refractivity contribution in [3.63, 3.8) is 0 Å². The molecule has 0 aliphatic rings. The molecule has 0 heterocycles. The van der Waals surface area contributed by atoms with E-state index in [0.717, 1.165) is 10.5 Å². The summed E-state index contributed by atoms with van der Waals surface area (Å²) in [7, 11) is 0. The molecule has 4 heteroatoms. The predicted molar refractivity (Wildman–Crippen MR) is 72.4 cm³/mol. The molecule has 2 aromatic rings. The molecule has 1 amide bonds. The molecule has 0 fully saturated rings. The highest BCUT2D eigenvalue weighted by molar-refractivity contribution is 7.80. The SMILES string of the molecule is O=C(Cc1ccc(S)cc1)Nc1ccccc1F. The largest absolute Gasteiger partial charge is 0.323 e. The molecule has 2 aromatic carbocycles. The number of nitrogens with one attached hydrogen (secondary N) is 1. The number of benzene rings is 2. The molecular formula is C14H12FNOS. The highest BCUT2D eigenvalue weighted by Gasteiger charge is 2.06. The lowest BCUT2D eigenvalue weighted by molar-refractivity contribution is -0.115. The van der Waals surface area contributed by atoms with E-state index in [1.165, 1.54) is 12.1 Å². The van der Waals surface area contributed by atoms with Crippen molar-refractivity contribution in [3.8, 4) is 0 Å². The van der Waals surface area contributed by atoms with Crippen molar-refractivity contribution in [2.24, 2.45) is 0 Å². The Morgan fingerprint density at radius 2 is 1.78 bits per heavy atom. The summed E-state index contributed by atoms with van der Waals surface area (Å²) in [6.45, 7) is 0. The van der Waals surface area contributed by atoms with E-state index in [0.29, 0.717) is 0 Å². The molecular weight excluding hydrogens is 249 g/mol. The Kier molecular flexibility index (Phi) is 3.99. The zero-order valence-corrected chi connectivity index (χ0v) is 10.5. The topological polar surface area (TPSA) is 29.1 Å². The van der Waals surface area contributed by atoms with Crippen LogP contribution in [0.15, 0.2) is 53.4 Å². The third kappa shape index (κ3) is 3.34. The van der Waals surface area contributed by atoms with Gasteiger partial charge in [-0.1, -0.05) is 24.3 Å². The fourth-order valence-corrected chi connectivity index (χ4v) is 1.71. The van der Waals surface area contributed by atoms with E-state index in [-0.39, 0.29) is 18.0 Å². The summed E-state index contributed by atoms with van der Waals surface area (Å²) in [5.74, 6) is -0.677. The van der Waals surface area contributed by atoms with E-state index in [2.05, 4.69) is 17.9 Å². The van der Waals surface area contributed by atoms with Gasteiger partial charge < -0.3 is 5.32 Å². The van der Waals surface area contributed by atoms with Crippen LogP contribution in [-0.2, 0) is 11.2 Å². The average molecular weight is 261 g/mol. The van der Waals surface area contributed by atoms with Crippen LogP contribution >= 0.6 is 12.6 Å². The van der Waals surface area contributed by atoms with Crippen molar-refractivity contribution in [2.45, 2.75) is 11.3 Å². The zero-order chi connectivity index (χ0) is 13.0. The maximum absolute atomic E-state index is 13.3. The average Bonchev–Trinajstić information content (AvgIpc) is 2.35. The summed E-state index contributed by atoms with van der Waals surface area (Å²) in [5, 5.41) is 2.54. The number of amides is 1. The van der Waals surface area contributed by atoms with Gasteiger partial charge in [-0.25, -0.2) is 4.39 Å². The summed E-state index contributed by atoms with van der Waals surface area (Å²) in [5.41, 5.74) is 1.06. The number of thiol groups is 1. The van der Waals surface area contributed by atoms with E-state index in [1.54, 1.807) is 12.1 Å². The number of carbonyl (C=O) groups is 1. The Balaban J connectivity index is 2.01. The monoisotopic (exact) mass is 261 g/mol. The second-order valence-electron chi connectivity index (χ2n) is 3.87. The van der Waals surface area contributed by atoms with Crippen LogP contribution in [0, 0.1) is 5.82 Å². The molecule has 0 unspecified atom stereocenters. The van der Waals surface area contributed by atoms with Crippen LogP contribution in [0.2, 0.25) is 0 Å². The molecule has 0 bridgehead atoms. The zero-order valence-electron chi connectivity index (χ0n) is 9.56. The summed E-state index contributed by atoms with van der Waals surface area (Å²) >= 11 is 4.17. The van der Waals surface area contributed by atoms with Crippen LogP contribution in [-0.4, -0.2) is 5.91 Å². The minimum absolute atomic E-state index is 0.202. The van der Waals surface area contributed by atoms with Crippen molar-refractivity contribution in [3.05, 3.63) is 59.9 Å². The molecule has 0 atom stereocenters. The van der Waals surface area contributed by atoms with Gasteiger partial charge in [0, 0.05) is 4.90 Å². The predicted octanol–water partition coefficient (Wildman–Crippen LogP) is 3.30. The number of hydrogen-bond donors (Lipinski definition) is 2. The van der Waals surface area contributed by atoms with Crippen molar-refractivity contribution in [1.82, 2.24) is 0 Å². The normalized spacial score (nSPS) is 10.1. The standard InChI is InChI=1S/C14H12FNOS/c15-12-3-1-2-4-13(12)16-14(17)9-10-5-7-11(18)8-6-10/h1-8,18H,9H2,(H,16,17). The van der Waals surface area contributed by atoms with E-state index in [4.69, 9.17) is 0 Å². The molecule has 0 aromatic heterocycles. The highest BCUT2D eigenvalue weighted by Crippen LogP contribution is 2.13. The van der Waals surface area contributed by atoms with Crippen molar-refractivity contribution in [1.29, 1.82) is 0 Å². The van der Waals surface area contributed by atoms with Crippen LogP contribution in [0.5, 0.6) is 0 Å². The van der Waals surface area contributed by atoms with Crippen LogP contribution in [0.1, 0.15) is 5.56 Å². The Bertz CT molecular complexity index is 554. The van der Waals surface area contributed by atoms with E-state index < -0.39 is 5.82 Å². The van der Waals surface area contributed by atoms with Crippen LogP contribution < -0.4 is 5.32 Å².